The first-order valence-electron chi connectivity index (χ1n) is 3.89. The van der Waals surface area contributed by atoms with Crippen molar-refractivity contribution >= 4 is 15.9 Å². The Morgan fingerprint density at radius 2 is 2.23 bits per heavy atom. The van der Waals surface area contributed by atoms with Crippen molar-refractivity contribution in [1.82, 2.24) is 5.48 Å². The van der Waals surface area contributed by atoms with Gasteiger partial charge in [0, 0.05) is 6.54 Å². The number of hydrogen-bond acceptors (Lipinski definition) is 3. The molecule has 3 nitrogen and oxygen atoms in total. The number of nitrogens with one attached hydrogen (secondary N) is 1. The summed E-state index contributed by atoms with van der Waals surface area (Å²) in [5.41, 5.74) is 4.24. The fraction of sp³-hybridized carbons (Fsp3) is 0.333. The fourth-order valence-corrected chi connectivity index (χ4v) is 1.90. The second-order valence-corrected chi connectivity index (χ2v) is 3.51. The summed E-state index contributed by atoms with van der Waals surface area (Å²) >= 11 is 3.42. The topological polar surface area (TPSA) is 41.5 Å². The van der Waals surface area contributed by atoms with E-state index in [9.17, 15) is 0 Å². The monoisotopic (exact) mass is 245 g/mol. The van der Waals surface area contributed by atoms with Crippen molar-refractivity contribution in [2.24, 2.45) is 0 Å². The first-order chi connectivity index (χ1) is 6.20. The first kappa shape index (κ1) is 10.5. The van der Waals surface area contributed by atoms with Crippen LogP contribution in [0.4, 0.5) is 0 Å². The smallest absolute Gasteiger partial charge is 0.133 e. The van der Waals surface area contributed by atoms with Gasteiger partial charge in [-0.3, -0.25) is 0 Å². The van der Waals surface area contributed by atoms with Gasteiger partial charge < -0.3 is 9.94 Å². The van der Waals surface area contributed by atoms with Gasteiger partial charge >= 0.3 is 0 Å². The average Bonchev–Trinajstić information content (AvgIpc) is 2.12. The van der Waals surface area contributed by atoms with Gasteiger partial charge in [-0.15, -0.1) is 0 Å². The van der Waals surface area contributed by atoms with Crippen LogP contribution < -0.4 is 10.2 Å². The predicted octanol–water partition coefficient (Wildman–Crippen LogP) is 2.24. The van der Waals surface area contributed by atoms with E-state index < -0.39 is 0 Å². The SMILES string of the molecule is COc1ccc(C)c(CNO)c1Br. The minimum atomic E-state index is 0.406. The van der Waals surface area contributed by atoms with Crippen LogP contribution >= 0.6 is 15.9 Å². The minimum absolute atomic E-state index is 0.406. The van der Waals surface area contributed by atoms with Crippen LogP contribution in [0.15, 0.2) is 16.6 Å². The number of rotatable bonds is 3. The lowest BCUT2D eigenvalue weighted by Gasteiger charge is -2.10. The van der Waals surface area contributed by atoms with E-state index in [-0.39, 0.29) is 0 Å². The zero-order valence-electron chi connectivity index (χ0n) is 7.60. The van der Waals surface area contributed by atoms with Gasteiger partial charge in [0.1, 0.15) is 5.75 Å². The maximum atomic E-state index is 8.62. The third-order valence-corrected chi connectivity index (χ3v) is 2.79. The number of hydroxylamine groups is 1. The molecule has 13 heavy (non-hydrogen) atoms. The Balaban J connectivity index is 3.13. The van der Waals surface area contributed by atoms with Crippen LogP contribution in [-0.4, -0.2) is 12.3 Å². The number of hydrogen-bond donors (Lipinski definition) is 2. The highest BCUT2D eigenvalue weighted by Gasteiger charge is 2.08. The number of aryl methyl sites for hydroxylation is 1. The van der Waals surface area contributed by atoms with Crippen LogP contribution in [0.1, 0.15) is 11.1 Å². The third kappa shape index (κ3) is 2.21. The summed E-state index contributed by atoms with van der Waals surface area (Å²) < 4.78 is 6.02. The molecule has 0 aliphatic heterocycles. The Hall–Kier alpha value is -0.580. The largest absolute Gasteiger partial charge is 0.496 e. The van der Waals surface area contributed by atoms with E-state index in [1.807, 2.05) is 19.1 Å². The Kier molecular flexibility index (Phi) is 3.71. The Labute approximate surface area is 85.8 Å². The average molecular weight is 246 g/mol. The molecule has 0 bridgehead atoms. The third-order valence-electron chi connectivity index (χ3n) is 1.92. The summed E-state index contributed by atoms with van der Waals surface area (Å²) in [5, 5.41) is 8.62. The quantitative estimate of drug-likeness (QED) is 0.803. The molecule has 1 aromatic rings. The molecule has 72 valence electrons. The molecule has 0 heterocycles. The molecule has 0 fully saturated rings. The summed E-state index contributed by atoms with van der Waals surface area (Å²) in [7, 11) is 1.62. The highest BCUT2D eigenvalue weighted by Crippen LogP contribution is 2.30. The molecule has 0 unspecified atom stereocenters. The molecule has 0 amide bonds. The van der Waals surface area contributed by atoms with Crippen molar-refractivity contribution in [2.75, 3.05) is 7.11 Å². The van der Waals surface area contributed by atoms with E-state index in [2.05, 4.69) is 21.4 Å². The molecule has 0 radical (unpaired) electrons. The van der Waals surface area contributed by atoms with Gasteiger partial charge in [-0.1, -0.05) is 6.07 Å². The van der Waals surface area contributed by atoms with E-state index in [1.165, 1.54) is 0 Å². The molecule has 0 spiro atoms. The number of halogens is 1. The van der Waals surface area contributed by atoms with Gasteiger partial charge in [0.2, 0.25) is 0 Å². The lowest BCUT2D eigenvalue weighted by atomic mass is 10.1. The van der Waals surface area contributed by atoms with Gasteiger partial charge in [-0.25, -0.2) is 5.48 Å². The molecule has 0 saturated carbocycles. The zero-order chi connectivity index (χ0) is 9.84. The molecule has 4 heteroatoms. The maximum absolute atomic E-state index is 8.62. The van der Waals surface area contributed by atoms with Crippen molar-refractivity contribution in [3.8, 4) is 5.75 Å². The molecule has 1 aromatic carbocycles. The molecule has 0 atom stereocenters. The van der Waals surface area contributed by atoms with Crippen molar-refractivity contribution in [3.63, 3.8) is 0 Å². The molecule has 0 aliphatic carbocycles. The van der Waals surface area contributed by atoms with Crippen LogP contribution in [0.25, 0.3) is 0 Å². The van der Waals surface area contributed by atoms with Crippen LogP contribution in [0.3, 0.4) is 0 Å². The Morgan fingerprint density at radius 1 is 1.54 bits per heavy atom. The van der Waals surface area contributed by atoms with Gasteiger partial charge in [0.05, 0.1) is 11.6 Å². The minimum Gasteiger partial charge on any atom is -0.496 e. The van der Waals surface area contributed by atoms with Gasteiger partial charge in [0.25, 0.3) is 0 Å². The van der Waals surface area contributed by atoms with Gasteiger partial charge in [-0.05, 0) is 40.0 Å². The summed E-state index contributed by atoms with van der Waals surface area (Å²) in [4.78, 5) is 0. The zero-order valence-corrected chi connectivity index (χ0v) is 9.18. The summed E-state index contributed by atoms with van der Waals surface area (Å²) in [6.07, 6.45) is 0. The van der Waals surface area contributed by atoms with E-state index in [0.717, 1.165) is 21.3 Å². The van der Waals surface area contributed by atoms with Crippen LogP contribution in [0.5, 0.6) is 5.75 Å². The normalized spacial score (nSPS) is 10.2. The highest BCUT2D eigenvalue weighted by atomic mass is 79.9. The Morgan fingerprint density at radius 3 is 2.77 bits per heavy atom. The van der Waals surface area contributed by atoms with Gasteiger partial charge in [-0.2, -0.15) is 0 Å². The first-order valence-corrected chi connectivity index (χ1v) is 4.69. The van der Waals surface area contributed by atoms with E-state index in [0.29, 0.717) is 6.54 Å². The van der Waals surface area contributed by atoms with E-state index in [4.69, 9.17) is 9.94 Å². The molecule has 1 rings (SSSR count). The molecule has 0 aromatic heterocycles. The van der Waals surface area contributed by atoms with E-state index >= 15 is 0 Å². The van der Waals surface area contributed by atoms with Crippen LogP contribution in [0, 0.1) is 6.92 Å². The highest BCUT2D eigenvalue weighted by molar-refractivity contribution is 9.10. The lowest BCUT2D eigenvalue weighted by Crippen LogP contribution is -2.08. The second kappa shape index (κ2) is 4.60. The van der Waals surface area contributed by atoms with Crippen molar-refractivity contribution in [2.45, 2.75) is 13.5 Å². The number of benzene rings is 1. The molecular weight excluding hydrogens is 234 g/mol. The molecule has 2 N–H and O–H groups in total. The van der Waals surface area contributed by atoms with Crippen LogP contribution in [0.2, 0.25) is 0 Å². The van der Waals surface area contributed by atoms with Crippen LogP contribution in [-0.2, 0) is 6.54 Å². The van der Waals surface area contributed by atoms with Crippen molar-refractivity contribution < 1.29 is 9.94 Å². The fourth-order valence-electron chi connectivity index (χ4n) is 1.15. The maximum Gasteiger partial charge on any atom is 0.133 e. The Bertz CT molecular complexity index is 302. The van der Waals surface area contributed by atoms with Crippen molar-refractivity contribution in [1.29, 1.82) is 0 Å². The summed E-state index contributed by atoms with van der Waals surface area (Å²) in [5.74, 6) is 0.774. The van der Waals surface area contributed by atoms with E-state index in [1.54, 1.807) is 7.11 Å². The van der Waals surface area contributed by atoms with Gasteiger partial charge in [0.15, 0.2) is 0 Å². The summed E-state index contributed by atoms with van der Waals surface area (Å²) in [6, 6.07) is 3.84. The predicted molar refractivity (Wildman–Crippen MR) is 54.1 cm³/mol. The number of methoxy groups -OCH3 is 1. The standard InChI is InChI=1S/C9H12BrNO2/c1-6-3-4-8(13-2)9(10)7(6)5-11-12/h3-4,11-12H,5H2,1-2H3. The molecule has 0 aliphatic rings. The molecule has 0 saturated heterocycles. The van der Waals surface area contributed by atoms with Crippen molar-refractivity contribution in [3.05, 3.63) is 27.7 Å². The number of ether oxygens (including phenoxy) is 1. The molecular formula is C9H12BrNO2. The summed E-state index contributed by atoms with van der Waals surface area (Å²) in [6.45, 7) is 2.39. The lowest BCUT2D eigenvalue weighted by molar-refractivity contribution is 0.161. The second-order valence-electron chi connectivity index (χ2n) is 2.71.